The molecule has 0 bridgehead atoms. The predicted octanol–water partition coefficient (Wildman–Crippen LogP) is 2.79. The molecule has 0 aliphatic heterocycles. The van der Waals surface area contributed by atoms with Crippen LogP contribution in [0.25, 0.3) is 0 Å². The molecule has 1 aromatic carbocycles. The van der Waals surface area contributed by atoms with Crippen molar-refractivity contribution in [3.63, 3.8) is 0 Å². The summed E-state index contributed by atoms with van der Waals surface area (Å²) in [7, 11) is 0. The first kappa shape index (κ1) is 11.7. The molecule has 2 N–H and O–H groups in total. The molecule has 1 fully saturated rings. The average molecular weight is 304 g/mol. The number of rotatable bonds is 4. The van der Waals surface area contributed by atoms with Crippen LogP contribution >= 0.6 is 27.5 Å². The van der Waals surface area contributed by atoms with E-state index in [4.69, 9.17) is 11.6 Å². The smallest absolute Gasteiger partial charge is 0.239 e. The van der Waals surface area contributed by atoms with E-state index in [2.05, 4.69) is 26.6 Å². The molecule has 0 atom stereocenters. The monoisotopic (exact) mass is 302 g/mol. The number of hydrogen-bond acceptors (Lipinski definition) is 2. The van der Waals surface area contributed by atoms with Crippen LogP contribution in [0.5, 0.6) is 0 Å². The van der Waals surface area contributed by atoms with Gasteiger partial charge < -0.3 is 10.6 Å². The lowest BCUT2D eigenvalue weighted by Crippen LogP contribution is -2.31. The molecular formula is C11H12BrClN2O. The summed E-state index contributed by atoms with van der Waals surface area (Å²) in [6, 6.07) is 5.89. The van der Waals surface area contributed by atoms with E-state index in [0.29, 0.717) is 17.6 Å². The summed E-state index contributed by atoms with van der Waals surface area (Å²) in [4.78, 5) is 11.4. The average Bonchev–Trinajstić information content (AvgIpc) is 3.04. The Morgan fingerprint density at radius 1 is 1.50 bits per heavy atom. The van der Waals surface area contributed by atoms with Gasteiger partial charge in [-0.05, 0) is 47.0 Å². The van der Waals surface area contributed by atoms with Crippen LogP contribution in [0.3, 0.4) is 0 Å². The Balaban J connectivity index is 1.83. The fourth-order valence-corrected chi connectivity index (χ4v) is 1.79. The Morgan fingerprint density at radius 3 is 2.88 bits per heavy atom. The summed E-state index contributed by atoms with van der Waals surface area (Å²) in [6.45, 7) is 0.296. The number of anilines is 1. The molecule has 0 saturated heterocycles. The van der Waals surface area contributed by atoms with Gasteiger partial charge in [-0.2, -0.15) is 0 Å². The van der Waals surface area contributed by atoms with Gasteiger partial charge in [-0.1, -0.05) is 11.6 Å². The molecule has 1 aliphatic carbocycles. The van der Waals surface area contributed by atoms with Crippen LogP contribution in [-0.2, 0) is 4.79 Å². The van der Waals surface area contributed by atoms with Gasteiger partial charge in [0.05, 0.1) is 11.6 Å². The third kappa shape index (κ3) is 3.39. The van der Waals surface area contributed by atoms with Crippen molar-refractivity contribution in [3.05, 3.63) is 27.7 Å². The molecular weight excluding hydrogens is 291 g/mol. The highest BCUT2D eigenvalue weighted by Gasteiger charge is 2.22. The minimum Gasteiger partial charge on any atom is -0.376 e. The second-order valence-corrected chi connectivity index (χ2v) is 5.09. The van der Waals surface area contributed by atoms with Crippen molar-refractivity contribution in [2.45, 2.75) is 18.9 Å². The zero-order valence-electron chi connectivity index (χ0n) is 8.59. The fourth-order valence-electron chi connectivity index (χ4n) is 1.29. The molecule has 0 radical (unpaired) electrons. The van der Waals surface area contributed by atoms with Crippen LogP contribution in [0, 0.1) is 0 Å². The van der Waals surface area contributed by atoms with Gasteiger partial charge in [0.1, 0.15) is 0 Å². The maximum absolute atomic E-state index is 11.4. The van der Waals surface area contributed by atoms with E-state index in [0.717, 1.165) is 23.0 Å². The molecule has 0 spiro atoms. The number of hydrogen-bond donors (Lipinski definition) is 2. The molecule has 0 heterocycles. The van der Waals surface area contributed by atoms with E-state index in [1.165, 1.54) is 0 Å². The molecule has 1 saturated carbocycles. The van der Waals surface area contributed by atoms with Gasteiger partial charge in [0.25, 0.3) is 0 Å². The van der Waals surface area contributed by atoms with Crippen molar-refractivity contribution in [2.75, 3.05) is 11.9 Å². The summed E-state index contributed by atoms with van der Waals surface area (Å²) in [5.74, 6) is 0.0357. The van der Waals surface area contributed by atoms with Crippen LogP contribution in [-0.4, -0.2) is 18.5 Å². The standard InChI is InChI=1S/C11H12BrClN2O/c12-9-5-8(3-4-10(9)13)14-6-11(16)15-7-1-2-7/h3-5,7,14H,1-2,6H2,(H,15,16). The third-order valence-electron chi connectivity index (χ3n) is 2.32. The molecule has 86 valence electrons. The third-order valence-corrected chi connectivity index (χ3v) is 3.53. The Morgan fingerprint density at radius 2 is 2.25 bits per heavy atom. The van der Waals surface area contributed by atoms with Crippen LogP contribution in [0.1, 0.15) is 12.8 Å². The minimum atomic E-state index is 0.0357. The summed E-state index contributed by atoms with van der Waals surface area (Å²) >= 11 is 9.20. The number of halogens is 2. The lowest BCUT2D eigenvalue weighted by Gasteiger charge is -2.07. The molecule has 1 amide bonds. The van der Waals surface area contributed by atoms with Gasteiger partial charge in [-0.15, -0.1) is 0 Å². The van der Waals surface area contributed by atoms with E-state index >= 15 is 0 Å². The van der Waals surface area contributed by atoms with Crippen molar-refractivity contribution in [2.24, 2.45) is 0 Å². The number of benzene rings is 1. The molecule has 0 unspecified atom stereocenters. The topological polar surface area (TPSA) is 41.1 Å². The van der Waals surface area contributed by atoms with Crippen molar-refractivity contribution < 1.29 is 4.79 Å². The Labute approximate surface area is 108 Å². The number of carbonyl (C=O) groups is 1. The van der Waals surface area contributed by atoms with Crippen LogP contribution in [0.2, 0.25) is 5.02 Å². The summed E-state index contributed by atoms with van der Waals surface area (Å²) in [5, 5.41) is 6.62. The first-order valence-electron chi connectivity index (χ1n) is 5.13. The van der Waals surface area contributed by atoms with Crippen LogP contribution in [0.4, 0.5) is 5.69 Å². The maximum atomic E-state index is 11.4. The summed E-state index contributed by atoms with van der Waals surface area (Å²) in [6.07, 6.45) is 2.22. The van der Waals surface area contributed by atoms with Crippen molar-refractivity contribution >= 4 is 39.1 Å². The number of amides is 1. The molecule has 5 heteroatoms. The quantitative estimate of drug-likeness (QED) is 0.898. The maximum Gasteiger partial charge on any atom is 0.239 e. The van der Waals surface area contributed by atoms with Gasteiger partial charge in [-0.25, -0.2) is 0 Å². The SMILES string of the molecule is O=C(CNc1ccc(Cl)c(Br)c1)NC1CC1. The van der Waals surface area contributed by atoms with Crippen molar-refractivity contribution in [3.8, 4) is 0 Å². The lowest BCUT2D eigenvalue weighted by atomic mass is 10.3. The largest absolute Gasteiger partial charge is 0.376 e. The van der Waals surface area contributed by atoms with Crippen LogP contribution < -0.4 is 10.6 Å². The highest BCUT2D eigenvalue weighted by atomic mass is 79.9. The number of nitrogens with one attached hydrogen (secondary N) is 2. The van der Waals surface area contributed by atoms with Gasteiger partial charge in [0.15, 0.2) is 0 Å². The second-order valence-electron chi connectivity index (χ2n) is 3.82. The Kier molecular flexibility index (Phi) is 3.71. The van der Waals surface area contributed by atoms with E-state index in [1.54, 1.807) is 6.07 Å². The van der Waals surface area contributed by atoms with Gasteiger partial charge in [0.2, 0.25) is 5.91 Å². The molecule has 3 nitrogen and oxygen atoms in total. The first-order chi connectivity index (χ1) is 7.65. The highest BCUT2D eigenvalue weighted by Crippen LogP contribution is 2.25. The van der Waals surface area contributed by atoms with Gasteiger partial charge in [0, 0.05) is 16.2 Å². The molecule has 0 aromatic heterocycles. The Hall–Kier alpha value is -0.740. The zero-order chi connectivity index (χ0) is 11.5. The van der Waals surface area contributed by atoms with Crippen LogP contribution in [0.15, 0.2) is 22.7 Å². The van der Waals surface area contributed by atoms with E-state index in [-0.39, 0.29) is 5.91 Å². The number of carbonyl (C=O) groups excluding carboxylic acids is 1. The molecule has 1 aliphatic rings. The molecule has 16 heavy (non-hydrogen) atoms. The zero-order valence-corrected chi connectivity index (χ0v) is 10.9. The van der Waals surface area contributed by atoms with E-state index in [9.17, 15) is 4.79 Å². The van der Waals surface area contributed by atoms with E-state index in [1.807, 2.05) is 12.1 Å². The summed E-state index contributed by atoms with van der Waals surface area (Å²) in [5.41, 5.74) is 0.877. The van der Waals surface area contributed by atoms with Gasteiger partial charge >= 0.3 is 0 Å². The van der Waals surface area contributed by atoms with E-state index < -0.39 is 0 Å². The molecule has 2 rings (SSSR count). The van der Waals surface area contributed by atoms with Crippen molar-refractivity contribution in [1.82, 2.24) is 5.32 Å². The minimum absolute atomic E-state index is 0.0357. The summed E-state index contributed by atoms with van der Waals surface area (Å²) < 4.78 is 0.821. The predicted molar refractivity (Wildman–Crippen MR) is 68.8 cm³/mol. The Bertz CT molecular complexity index is 407. The molecule has 1 aromatic rings. The lowest BCUT2D eigenvalue weighted by molar-refractivity contribution is -0.119. The fraction of sp³-hybridized carbons (Fsp3) is 0.364. The van der Waals surface area contributed by atoms with Crippen molar-refractivity contribution in [1.29, 1.82) is 0 Å². The second kappa shape index (κ2) is 5.06. The first-order valence-corrected chi connectivity index (χ1v) is 6.30. The highest BCUT2D eigenvalue weighted by molar-refractivity contribution is 9.10. The van der Waals surface area contributed by atoms with Gasteiger partial charge in [-0.3, -0.25) is 4.79 Å². The normalized spacial score (nSPS) is 14.6.